The second kappa shape index (κ2) is 5.21. The molecule has 0 atom stereocenters. The predicted molar refractivity (Wildman–Crippen MR) is 79.0 cm³/mol. The molecule has 1 aliphatic rings. The number of aromatic nitrogens is 2. The Morgan fingerprint density at radius 2 is 2.19 bits per heavy atom. The van der Waals surface area contributed by atoms with Gasteiger partial charge in [-0.05, 0) is 19.9 Å². The summed E-state index contributed by atoms with van der Waals surface area (Å²) < 4.78 is 11.8. The molecule has 3 rings (SSSR count). The lowest BCUT2D eigenvalue weighted by molar-refractivity contribution is 0.131. The fourth-order valence-electron chi connectivity index (χ4n) is 2.36. The molecule has 6 heteroatoms. The van der Waals surface area contributed by atoms with Crippen LogP contribution in [0.4, 0.5) is 5.82 Å². The lowest BCUT2D eigenvalue weighted by Gasteiger charge is -2.18. The summed E-state index contributed by atoms with van der Waals surface area (Å²) in [6.45, 7) is 4.47. The second-order valence-electron chi connectivity index (χ2n) is 5.61. The van der Waals surface area contributed by atoms with E-state index < -0.39 is 0 Å². The first kappa shape index (κ1) is 13.6. The van der Waals surface area contributed by atoms with Crippen LogP contribution in [0.25, 0.3) is 0 Å². The highest BCUT2D eigenvalue weighted by Gasteiger charge is 2.32. The number of fused-ring (bicyclic) bond motifs is 1. The number of hydrogen-bond donors (Lipinski definition) is 2. The molecule has 2 aromatic rings. The van der Waals surface area contributed by atoms with E-state index >= 15 is 0 Å². The Morgan fingerprint density at radius 1 is 1.33 bits per heavy atom. The van der Waals surface area contributed by atoms with E-state index in [1.54, 1.807) is 12.4 Å². The molecule has 0 amide bonds. The van der Waals surface area contributed by atoms with Crippen LogP contribution in [0.2, 0.25) is 0 Å². The van der Waals surface area contributed by atoms with Crippen LogP contribution in [0.15, 0.2) is 30.6 Å². The molecule has 0 bridgehead atoms. The maximum Gasteiger partial charge on any atom is 0.165 e. The standard InChI is InChI=1S/C15H18N4O2/c1-15(2)6-10-4-3-5-12(14(10)21-15)20-9-11-7-18-13(19-16)8-17-11/h3-5,7-8H,6,9,16H2,1-2H3,(H,18,19). The molecule has 110 valence electrons. The molecule has 0 fully saturated rings. The van der Waals surface area contributed by atoms with Gasteiger partial charge in [-0.3, -0.25) is 4.98 Å². The highest BCUT2D eigenvalue weighted by Crippen LogP contribution is 2.41. The Hall–Kier alpha value is -2.34. The predicted octanol–water partition coefficient (Wildman–Crippen LogP) is 2.05. The number of rotatable bonds is 4. The van der Waals surface area contributed by atoms with E-state index in [4.69, 9.17) is 15.3 Å². The number of para-hydroxylation sites is 1. The van der Waals surface area contributed by atoms with E-state index in [9.17, 15) is 0 Å². The molecule has 2 heterocycles. The van der Waals surface area contributed by atoms with Crippen molar-refractivity contribution in [2.45, 2.75) is 32.5 Å². The van der Waals surface area contributed by atoms with Crippen molar-refractivity contribution >= 4 is 5.82 Å². The first-order valence-electron chi connectivity index (χ1n) is 6.79. The highest BCUT2D eigenvalue weighted by molar-refractivity contribution is 5.50. The van der Waals surface area contributed by atoms with Gasteiger partial charge in [-0.15, -0.1) is 0 Å². The number of anilines is 1. The first-order valence-corrected chi connectivity index (χ1v) is 6.79. The third-order valence-corrected chi connectivity index (χ3v) is 3.28. The van der Waals surface area contributed by atoms with Crippen LogP contribution in [-0.2, 0) is 13.0 Å². The number of nitrogens with zero attached hydrogens (tertiary/aromatic N) is 2. The van der Waals surface area contributed by atoms with Gasteiger partial charge in [-0.25, -0.2) is 10.8 Å². The zero-order valence-corrected chi connectivity index (χ0v) is 12.1. The van der Waals surface area contributed by atoms with Gasteiger partial charge in [0, 0.05) is 12.0 Å². The number of hydrazine groups is 1. The molecule has 3 N–H and O–H groups in total. The van der Waals surface area contributed by atoms with Crippen LogP contribution in [-0.4, -0.2) is 15.6 Å². The number of nitrogens with one attached hydrogen (secondary N) is 1. The molecular formula is C15H18N4O2. The molecule has 0 saturated carbocycles. The maximum absolute atomic E-state index is 5.96. The second-order valence-corrected chi connectivity index (χ2v) is 5.61. The Kier molecular flexibility index (Phi) is 3.39. The van der Waals surface area contributed by atoms with E-state index in [0.29, 0.717) is 12.4 Å². The Bertz CT molecular complexity index is 641. The SMILES string of the molecule is CC1(C)Cc2cccc(OCc3cnc(NN)cn3)c2O1. The van der Waals surface area contributed by atoms with Crippen LogP contribution in [0.5, 0.6) is 11.5 Å². The zero-order chi connectivity index (χ0) is 14.9. The highest BCUT2D eigenvalue weighted by atomic mass is 16.5. The van der Waals surface area contributed by atoms with Crippen molar-refractivity contribution in [3.8, 4) is 11.5 Å². The molecule has 0 saturated heterocycles. The average Bonchev–Trinajstić information content (AvgIpc) is 2.80. The van der Waals surface area contributed by atoms with Crippen molar-refractivity contribution in [2.24, 2.45) is 5.84 Å². The van der Waals surface area contributed by atoms with Crippen LogP contribution in [0.1, 0.15) is 25.1 Å². The van der Waals surface area contributed by atoms with Crippen LogP contribution in [0.3, 0.4) is 0 Å². The van der Waals surface area contributed by atoms with Crippen LogP contribution in [0, 0.1) is 0 Å². The summed E-state index contributed by atoms with van der Waals surface area (Å²) in [7, 11) is 0. The van der Waals surface area contributed by atoms with E-state index in [1.165, 1.54) is 5.56 Å². The molecule has 0 unspecified atom stereocenters. The fraction of sp³-hybridized carbons (Fsp3) is 0.333. The topological polar surface area (TPSA) is 82.3 Å². The van der Waals surface area contributed by atoms with Crippen LogP contribution >= 0.6 is 0 Å². The van der Waals surface area contributed by atoms with E-state index in [0.717, 1.165) is 23.6 Å². The summed E-state index contributed by atoms with van der Waals surface area (Å²) in [6, 6.07) is 5.95. The van der Waals surface area contributed by atoms with Crippen molar-refractivity contribution in [1.82, 2.24) is 9.97 Å². The first-order chi connectivity index (χ1) is 10.1. The van der Waals surface area contributed by atoms with Crippen molar-refractivity contribution in [1.29, 1.82) is 0 Å². The molecule has 0 aliphatic carbocycles. The summed E-state index contributed by atoms with van der Waals surface area (Å²) in [5, 5.41) is 0. The summed E-state index contributed by atoms with van der Waals surface area (Å²) >= 11 is 0. The van der Waals surface area contributed by atoms with Gasteiger partial charge in [0.25, 0.3) is 0 Å². The zero-order valence-electron chi connectivity index (χ0n) is 12.1. The van der Waals surface area contributed by atoms with Crippen LogP contribution < -0.4 is 20.7 Å². The van der Waals surface area contributed by atoms with Crippen molar-refractivity contribution in [3.63, 3.8) is 0 Å². The molecular weight excluding hydrogens is 268 g/mol. The monoisotopic (exact) mass is 286 g/mol. The van der Waals surface area contributed by atoms with Gasteiger partial charge in [0.2, 0.25) is 0 Å². The largest absolute Gasteiger partial charge is 0.483 e. The number of nitrogens with two attached hydrogens (primary N) is 1. The van der Waals surface area contributed by atoms with Gasteiger partial charge < -0.3 is 14.9 Å². The number of ether oxygens (including phenoxy) is 2. The third kappa shape index (κ3) is 2.90. The molecule has 0 spiro atoms. The molecule has 1 aromatic heterocycles. The van der Waals surface area contributed by atoms with Gasteiger partial charge >= 0.3 is 0 Å². The van der Waals surface area contributed by atoms with Crippen molar-refractivity contribution in [2.75, 3.05) is 5.43 Å². The van der Waals surface area contributed by atoms with Gasteiger partial charge in [0.1, 0.15) is 12.2 Å². The molecule has 1 aromatic carbocycles. The van der Waals surface area contributed by atoms with E-state index in [2.05, 4.69) is 35.3 Å². The Balaban J connectivity index is 1.73. The molecule has 21 heavy (non-hydrogen) atoms. The lowest BCUT2D eigenvalue weighted by atomic mass is 10.0. The smallest absolute Gasteiger partial charge is 0.165 e. The van der Waals surface area contributed by atoms with Gasteiger partial charge in [-0.1, -0.05) is 12.1 Å². The van der Waals surface area contributed by atoms with E-state index in [-0.39, 0.29) is 5.60 Å². The Morgan fingerprint density at radius 3 is 2.90 bits per heavy atom. The number of hydrogen-bond acceptors (Lipinski definition) is 6. The fourth-order valence-corrected chi connectivity index (χ4v) is 2.36. The Labute approximate surface area is 123 Å². The number of benzene rings is 1. The quantitative estimate of drug-likeness (QED) is 0.661. The average molecular weight is 286 g/mol. The normalized spacial score (nSPS) is 15.2. The minimum Gasteiger partial charge on any atom is -0.483 e. The molecule has 6 nitrogen and oxygen atoms in total. The summed E-state index contributed by atoms with van der Waals surface area (Å²) in [6.07, 6.45) is 4.08. The maximum atomic E-state index is 5.96. The van der Waals surface area contributed by atoms with Gasteiger partial charge in [0.15, 0.2) is 17.3 Å². The molecule has 0 radical (unpaired) electrons. The minimum atomic E-state index is -0.184. The van der Waals surface area contributed by atoms with Gasteiger partial charge in [0.05, 0.1) is 18.1 Å². The summed E-state index contributed by atoms with van der Waals surface area (Å²) in [5.74, 6) is 7.34. The minimum absolute atomic E-state index is 0.184. The third-order valence-electron chi connectivity index (χ3n) is 3.28. The van der Waals surface area contributed by atoms with Crippen molar-refractivity contribution < 1.29 is 9.47 Å². The van der Waals surface area contributed by atoms with Crippen molar-refractivity contribution in [3.05, 3.63) is 41.9 Å². The van der Waals surface area contributed by atoms with E-state index in [1.807, 2.05) is 12.1 Å². The molecule has 1 aliphatic heterocycles. The summed E-state index contributed by atoms with van der Waals surface area (Å²) in [4.78, 5) is 8.31. The number of nitrogen functional groups attached to an aromatic ring is 1. The van der Waals surface area contributed by atoms with Gasteiger partial charge in [-0.2, -0.15) is 0 Å². The lowest BCUT2D eigenvalue weighted by Crippen LogP contribution is -2.24. The summed E-state index contributed by atoms with van der Waals surface area (Å²) in [5.41, 5.74) is 4.15.